The topological polar surface area (TPSA) is 90.9 Å². The van der Waals surface area contributed by atoms with Crippen LogP contribution in [0.5, 0.6) is 0 Å². The number of pyridine rings is 1. The van der Waals surface area contributed by atoms with Crippen LogP contribution < -0.4 is 0 Å². The molecule has 3 aromatic heterocycles. The molecular weight excluding hydrogens is 450 g/mol. The monoisotopic (exact) mass is 481 g/mol. The molecule has 8 nitrogen and oxygen atoms in total. The van der Waals surface area contributed by atoms with E-state index in [1.165, 1.54) is 5.56 Å². The first-order valence-corrected chi connectivity index (χ1v) is 12.8. The number of fused-ring (bicyclic) bond motifs is 1. The summed E-state index contributed by atoms with van der Waals surface area (Å²) in [5.41, 5.74) is 7.23. The van der Waals surface area contributed by atoms with E-state index in [9.17, 15) is 4.79 Å². The summed E-state index contributed by atoms with van der Waals surface area (Å²) in [7, 11) is 0. The second-order valence-corrected chi connectivity index (χ2v) is 10.1. The molecule has 4 aromatic rings. The van der Waals surface area contributed by atoms with Crippen molar-refractivity contribution in [3.05, 3.63) is 71.2 Å². The number of aromatic amines is 1. The number of H-pyrrole nitrogens is 1. The van der Waals surface area contributed by atoms with E-state index in [1.807, 2.05) is 37.2 Å². The van der Waals surface area contributed by atoms with Gasteiger partial charge in [-0.15, -0.1) is 0 Å². The van der Waals surface area contributed by atoms with Crippen molar-refractivity contribution in [1.82, 2.24) is 34.7 Å². The van der Waals surface area contributed by atoms with Gasteiger partial charge in [0.25, 0.3) is 0 Å². The lowest BCUT2D eigenvalue weighted by molar-refractivity contribution is -0.134. The molecule has 1 aliphatic heterocycles. The highest BCUT2D eigenvalue weighted by atomic mass is 16.2. The first-order valence-electron chi connectivity index (χ1n) is 12.8. The Kier molecular flexibility index (Phi) is 5.97. The molecule has 1 aromatic carbocycles. The zero-order valence-corrected chi connectivity index (χ0v) is 20.9. The quantitative estimate of drug-likeness (QED) is 0.452. The zero-order chi connectivity index (χ0) is 24.6. The summed E-state index contributed by atoms with van der Waals surface area (Å²) in [6.45, 7) is 8.34. The van der Waals surface area contributed by atoms with Crippen LogP contribution in [0.4, 0.5) is 0 Å². The van der Waals surface area contributed by atoms with Crippen molar-refractivity contribution in [3.63, 3.8) is 0 Å². The highest BCUT2D eigenvalue weighted by molar-refractivity contribution is 5.82. The zero-order valence-electron chi connectivity index (χ0n) is 20.9. The normalized spacial score (nSPS) is 16.6. The van der Waals surface area contributed by atoms with Crippen molar-refractivity contribution in [2.24, 2.45) is 5.92 Å². The number of carbonyl (C=O) groups is 1. The summed E-state index contributed by atoms with van der Waals surface area (Å²) >= 11 is 0. The molecule has 0 unspecified atom stereocenters. The Morgan fingerprint density at radius 3 is 2.67 bits per heavy atom. The fourth-order valence-electron chi connectivity index (χ4n) is 4.98. The summed E-state index contributed by atoms with van der Waals surface area (Å²) in [5, 5.41) is 0. The molecule has 0 spiro atoms. The van der Waals surface area contributed by atoms with Crippen LogP contribution >= 0.6 is 0 Å². The van der Waals surface area contributed by atoms with Crippen molar-refractivity contribution >= 4 is 16.9 Å². The smallest absolute Gasteiger partial charge is 0.225 e. The summed E-state index contributed by atoms with van der Waals surface area (Å²) < 4.78 is 0. The highest BCUT2D eigenvalue weighted by Crippen LogP contribution is 2.31. The summed E-state index contributed by atoms with van der Waals surface area (Å²) in [4.78, 5) is 38.6. The van der Waals surface area contributed by atoms with Gasteiger partial charge >= 0.3 is 0 Å². The minimum atomic E-state index is 0.310. The first kappa shape index (κ1) is 22.8. The lowest BCUT2D eigenvalue weighted by Gasteiger charge is -2.35. The second kappa shape index (κ2) is 9.43. The number of aryl methyl sites for hydroxylation is 2. The molecule has 2 aliphatic rings. The van der Waals surface area contributed by atoms with Gasteiger partial charge in [0.15, 0.2) is 0 Å². The Balaban J connectivity index is 1.12. The molecule has 0 radical (unpaired) electrons. The number of nitrogens with one attached hydrogen (secondary N) is 1. The van der Waals surface area contributed by atoms with E-state index >= 15 is 0 Å². The number of amides is 1. The third-order valence-corrected chi connectivity index (χ3v) is 7.14. The minimum absolute atomic E-state index is 0.310. The van der Waals surface area contributed by atoms with Crippen LogP contribution in [0, 0.1) is 19.8 Å². The third kappa shape index (κ3) is 4.86. The lowest BCUT2D eigenvalue weighted by atomic mass is 10.1. The molecule has 8 heteroatoms. The first-order chi connectivity index (χ1) is 17.5. The number of benzene rings is 1. The average Bonchev–Trinajstić information content (AvgIpc) is 3.65. The van der Waals surface area contributed by atoms with E-state index in [-0.39, 0.29) is 0 Å². The van der Waals surface area contributed by atoms with E-state index in [2.05, 4.69) is 49.1 Å². The van der Waals surface area contributed by atoms with E-state index in [0.29, 0.717) is 18.2 Å². The van der Waals surface area contributed by atoms with Gasteiger partial charge in [0.05, 0.1) is 16.7 Å². The third-order valence-electron chi connectivity index (χ3n) is 7.14. The molecule has 1 saturated heterocycles. The summed E-state index contributed by atoms with van der Waals surface area (Å²) in [6.07, 6.45) is 6.55. The fourth-order valence-corrected chi connectivity index (χ4v) is 4.98. The Labute approximate surface area is 210 Å². The molecule has 4 heterocycles. The fraction of sp³-hybridized carbons (Fsp3) is 0.393. The van der Waals surface area contributed by atoms with Crippen molar-refractivity contribution in [1.29, 1.82) is 0 Å². The van der Waals surface area contributed by atoms with Crippen LogP contribution in [0.2, 0.25) is 0 Å². The molecule has 36 heavy (non-hydrogen) atoms. The average molecular weight is 482 g/mol. The molecule has 1 aliphatic carbocycles. The van der Waals surface area contributed by atoms with Gasteiger partial charge in [-0.25, -0.2) is 15.0 Å². The molecule has 2 fully saturated rings. The van der Waals surface area contributed by atoms with Gasteiger partial charge in [-0.05, 0) is 62.1 Å². The van der Waals surface area contributed by atoms with Gasteiger partial charge in [-0.3, -0.25) is 14.7 Å². The predicted octanol–water partition coefficient (Wildman–Crippen LogP) is 3.68. The van der Waals surface area contributed by atoms with Crippen LogP contribution in [0.1, 0.15) is 41.3 Å². The van der Waals surface area contributed by atoms with Crippen molar-refractivity contribution in [3.8, 4) is 11.3 Å². The number of piperazine rings is 1. The maximum atomic E-state index is 12.3. The Morgan fingerprint density at radius 2 is 1.86 bits per heavy atom. The van der Waals surface area contributed by atoms with Gasteiger partial charge in [0, 0.05) is 68.7 Å². The molecule has 6 rings (SSSR count). The van der Waals surface area contributed by atoms with Crippen LogP contribution in [0.3, 0.4) is 0 Å². The number of rotatable bonds is 6. The van der Waals surface area contributed by atoms with Gasteiger partial charge in [0.1, 0.15) is 11.6 Å². The van der Waals surface area contributed by atoms with E-state index in [4.69, 9.17) is 4.98 Å². The second-order valence-electron chi connectivity index (χ2n) is 10.1. The number of carbonyl (C=O) groups excluding carboxylic acids is 1. The molecule has 184 valence electrons. The number of imidazole rings is 1. The molecule has 0 atom stereocenters. The molecule has 1 amide bonds. The van der Waals surface area contributed by atoms with Crippen LogP contribution in [-0.2, 0) is 17.8 Å². The number of nitrogens with zero attached hydrogens (tertiary/aromatic N) is 6. The number of aromatic nitrogens is 5. The lowest BCUT2D eigenvalue weighted by Crippen LogP contribution is -2.48. The van der Waals surface area contributed by atoms with Crippen LogP contribution in [0.25, 0.3) is 22.3 Å². The summed E-state index contributed by atoms with van der Waals surface area (Å²) in [6, 6.07) is 10.5. The van der Waals surface area contributed by atoms with Crippen molar-refractivity contribution < 1.29 is 4.79 Å². The predicted molar refractivity (Wildman–Crippen MR) is 138 cm³/mol. The molecular formula is C28H31N7O. The largest absolute Gasteiger partial charge is 0.342 e. The molecule has 0 bridgehead atoms. The van der Waals surface area contributed by atoms with Crippen LogP contribution in [-0.4, -0.2) is 66.8 Å². The van der Waals surface area contributed by atoms with E-state index in [1.54, 1.807) is 0 Å². The maximum absolute atomic E-state index is 12.3. The van der Waals surface area contributed by atoms with Crippen molar-refractivity contribution in [2.45, 2.75) is 39.7 Å². The standard InChI is InChI=1S/C28H31N7O/c1-18-16-30-19(2)31-27(18)22-5-6-24-25(14-22)33-26(32-24)15-23-13-20(7-8-29-23)17-34-9-11-35(12-10-34)28(36)21-3-4-21/h5-8,13-14,16,21H,3-4,9-12,15,17H2,1-2H3,(H,32,33). The highest BCUT2D eigenvalue weighted by Gasteiger charge is 2.34. The number of hydrogen-bond donors (Lipinski definition) is 1. The molecule has 1 saturated carbocycles. The van der Waals surface area contributed by atoms with E-state index in [0.717, 1.165) is 90.8 Å². The Bertz CT molecular complexity index is 1420. The van der Waals surface area contributed by atoms with Gasteiger partial charge in [-0.1, -0.05) is 6.07 Å². The van der Waals surface area contributed by atoms with Gasteiger partial charge < -0.3 is 9.88 Å². The van der Waals surface area contributed by atoms with E-state index < -0.39 is 0 Å². The minimum Gasteiger partial charge on any atom is -0.342 e. The Morgan fingerprint density at radius 1 is 1.03 bits per heavy atom. The summed E-state index contributed by atoms with van der Waals surface area (Å²) in [5.74, 6) is 2.33. The maximum Gasteiger partial charge on any atom is 0.225 e. The number of hydrogen-bond acceptors (Lipinski definition) is 6. The van der Waals surface area contributed by atoms with Crippen LogP contribution in [0.15, 0.2) is 42.7 Å². The SMILES string of the molecule is Cc1ncc(C)c(-c2ccc3nc(Cc4cc(CN5CCN(C(=O)C6CC6)CC5)ccn4)[nH]c3c2)n1. The molecule has 1 N–H and O–H groups in total. The van der Waals surface area contributed by atoms with Crippen molar-refractivity contribution in [2.75, 3.05) is 26.2 Å². The van der Waals surface area contributed by atoms with Gasteiger partial charge in [0.2, 0.25) is 5.91 Å². The van der Waals surface area contributed by atoms with Gasteiger partial charge in [-0.2, -0.15) is 0 Å². The Hall–Kier alpha value is -3.65.